The smallest absolute Gasteiger partial charge is 0.233 e. The predicted octanol–water partition coefficient (Wildman–Crippen LogP) is 3.19. The lowest BCUT2D eigenvalue weighted by Gasteiger charge is -2.17. The van der Waals surface area contributed by atoms with E-state index < -0.39 is 0 Å². The number of carbonyl (C=O) groups is 1. The molecule has 4 heteroatoms. The van der Waals surface area contributed by atoms with Crippen LogP contribution in [0.5, 0.6) is 0 Å². The van der Waals surface area contributed by atoms with Crippen LogP contribution in [-0.4, -0.2) is 19.0 Å². The Balaban J connectivity index is 2.26. The van der Waals surface area contributed by atoms with Crippen LogP contribution in [0.4, 0.5) is 0 Å². The van der Waals surface area contributed by atoms with E-state index in [-0.39, 0.29) is 18.4 Å². The fourth-order valence-corrected chi connectivity index (χ4v) is 2.48. The number of carbonyl (C=O) groups excluding carboxylic acids is 1. The molecule has 21 heavy (non-hydrogen) atoms. The lowest BCUT2D eigenvalue weighted by molar-refractivity contribution is -0.119. The second-order valence-corrected chi connectivity index (χ2v) is 5.44. The van der Waals surface area contributed by atoms with Gasteiger partial charge in [0.15, 0.2) is 0 Å². The Morgan fingerprint density at radius 2 is 2.00 bits per heavy atom. The zero-order chi connectivity index (χ0) is 15.2. The highest BCUT2D eigenvalue weighted by molar-refractivity contribution is 6.30. The van der Waals surface area contributed by atoms with Gasteiger partial charge in [-0.3, -0.25) is 4.79 Å². The highest BCUT2D eigenvalue weighted by atomic mass is 35.5. The molecule has 0 saturated carbocycles. The minimum absolute atomic E-state index is 0.0165. The van der Waals surface area contributed by atoms with E-state index in [2.05, 4.69) is 24.4 Å². The normalized spacial score (nSPS) is 12.0. The fraction of sp³-hybridized carbons (Fsp3) is 0.235. The SMILES string of the molecule is CC(CNC(=O)CN)c1ccccc1-c1cccc(Cl)c1. The maximum atomic E-state index is 11.3. The Morgan fingerprint density at radius 3 is 2.71 bits per heavy atom. The van der Waals surface area contributed by atoms with E-state index in [9.17, 15) is 4.79 Å². The first kappa shape index (κ1) is 15.5. The van der Waals surface area contributed by atoms with Crippen LogP contribution < -0.4 is 11.1 Å². The van der Waals surface area contributed by atoms with Crippen LogP contribution >= 0.6 is 11.6 Å². The number of benzene rings is 2. The van der Waals surface area contributed by atoms with Gasteiger partial charge in [-0.2, -0.15) is 0 Å². The molecule has 3 N–H and O–H groups in total. The van der Waals surface area contributed by atoms with Crippen LogP contribution in [-0.2, 0) is 4.79 Å². The molecule has 0 aliphatic carbocycles. The molecule has 0 spiro atoms. The molecule has 1 atom stereocenters. The highest BCUT2D eigenvalue weighted by Crippen LogP contribution is 2.30. The third-order valence-corrected chi connectivity index (χ3v) is 3.65. The van der Waals surface area contributed by atoms with Crippen LogP contribution in [0.3, 0.4) is 0 Å². The van der Waals surface area contributed by atoms with E-state index in [0.717, 1.165) is 11.1 Å². The lowest BCUT2D eigenvalue weighted by atomic mass is 9.91. The number of nitrogens with one attached hydrogen (secondary N) is 1. The summed E-state index contributed by atoms with van der Waals surface area (Å²) in [7, 11) is 0. The number of hydrogen-bond donors (Lipinski definition) is 2. The summed E-state index contributed by atoms with van der Waals surface area (Å²) in [5.41, 5.74) is 8.70. The van der Waals surface area contributed by atoms with Crippen LogP contribution in [0.1, 0.15) is 18.4 Å². The number of halogens is 1. The molecule has 2 rings (SSSR count). The molecule has 0 radical (unpaired) electrons. The summed E-state index contributed by atoms with van der Waals surface area (Å²) in [6.45, 7) is 2.66. The first-order valence-corrected chi connectivity index (χ1v) is 7.31. The Hall–Kier alpha value is -1.84. The summed E-state index contributed by atoms with van der Waals surface area (Å²) in [6, 6.07) is 15.9. The van der Waals surface area contributed by atoms with Gasteiger partial charge in [-0.05, 0) is 34.7 Å². The summed E-state index contributed by atoms with van der Waals surface area (Å²) in [5.74, 6) is 0.0535. The zero-order valence-corrected chi connectivity index (χ0v) is 12.7. The van der Waals surface area contributed by atoms with E-state index in [4.69, 9.17) is 17.3 Å². The van der Waals surface area contributed by atoms with Gasteiger partial charge in [-0.25, -0.2) is 0 Å². The van der Waals surface area contributed by atoms with Crippen LogP contribution in [0, 0.1) is 0 Å². The topological polar surface area (TPSA) is 55.1 Å². The summed E-state index contributed by atoms with van der Waals surface area (Å²) < 4.78 is 0. The predicted molar refractivity (Wildman–Crippen MR) is 87.4 cm³/mol. The van der Waals surface area contributed by atoms with E-state index in [0.29, 0.717) is 11.6 Å². The molecule has 0 aliphatic rings. The summed E-state index contributed by atoms with van der Waals surface area (Å²) in [6.07, 6.45) is 0. The highest BCUT2D eigenvalue weighted by Gasteiger charge is 2.12. The van der Waals surface area contributed by atoms with Gasteiger partial charge in [0.05, 0.1) is 6.54 Å². The van der Waals surface area contributed by atoms with Crippen molar-refractivity contribution in [2.45, 2.75) is 12.8 Å². The monoisotopic (exact) mass is 302 g/mol. The Kier molecular flexibility index (Phi) is 5.37. The van der Waals surface area contributed by atoms with E-state index in [1.54, 1.807) is 0 Å². The van der Waals surface area contributed by atoms with Crippen molar-refractivity contribution in [3.63, 3.8) is 0 Å². The van der Waals surface area contributed by atoms with Crippen molar-refractivity contribution < 1.29 is 4.79 Å². The average Bonchev–Trinajstić information content (AvgIpc) is 2.52. The van der Waals surface area contributed by atoms with Gasteiger partial charge in [0.25, 0.3) is 0 Å². The second-order valence-electron chi connectivity index (χ2n) is 5.01. The molecule has 0 bridgehead atoms. The van der Waals surface area contributed by atoms with E-state index in [1.807, 2.05) is 36.4 Å². The minimum atomic E-state index is -0.137. The largest absolute Gasteiger partial charge is 0.354 e. The standard InChI is InChI=1S/C17H19ClN2O/c1-12(11-20-17(21)10-19)15-7-2-3-8-16(15)13-5-4-6-14(18)9-13/h2-9,12H,10-11,19H2,1H3,(H,20,21). The van der Waals surface area contributed by atoms with Crippen LogP contribution in [0.15, 0.2) is 48.5 Å². The average molecular weight is 303 g/mol. The summed E-state index contributed by atoms with van der Waals surface area (Å²) in [4.78, 5) is 11.3. The van der Waals surface area contributed by atoms with Crippen molar-refractivity contribution in [3.05, 3.63) is 59.1 Å². The summed E-state index contributed by atoms with van der Waals surface area (Å²) in [5, 5.41) is 3.54. The van der Waals surface area contributed by atoms with Gasteiger partial charge in [-0.1, -0.05) is 54.9 Å². The lowest BCUT2D eigenvalue weighted by Crippen LogP contribution is -2.33. The molecule has 110 valence electrons. The number of rotatable bonds is 5. The maximum Gasteiger partial charge on any atom is 0.233 e. The molecule has 2 aromatic rings. The number of amides is 1. The van der Waals surface area contributed by atoms with Crippen molar-refractivity contribution in [2.24, 2.45) is 5.73 Å². The molecule has 0 aliphatic heterocycles. The molecule has 0 fully saturated rings. The Labute approximate surface area is 130 Å². The number of hydrogen-bond acceptors (Lipinski definition) is 2. The maximum absolute atomic E-state index is 11.3. The molecule has 2 aromatic carbocycles. The van der Waals surface area contributed by atoms with Gasteiger partial charge < -0.3 is 11.1 Å². The van der Waals surface area contributed by atoms with Crippen molar-refractivity contribution in [3.8, 4) is 11.1 Å². The molecule has 0 heterocycles. The molecule has 1 unspecified atom stereocenters. The molecule has 1 amide bonds. The minimum Gasteiger partial charge on any atom is -0.354 e. The van der Waals surface area contributed by atoms with Crippen molar-refractivity contribution in [2.75, 3.05) is 13.1 Å². The molecule has 0 saturated heterocycles. The van der Waals surface area contributed by atoms with E-state index in [1.165, 1.54) is 5.56 Å². The van der Waals surface area contributed by atoms with Gasteiger partial charge >= 0.3 is 0 Å². The molecule has 0 aromatic heterocycles. The van der Waals surface area contributed by atoms with E-state index >= 15 is 0 Å². The zero-order valence-electron chi connectivity index (χ0n) is 12.0. The van der Waals surface area contributed by atoms with Gasteiger partial charge in [-0.15, -0.1) is 0 Å². The third kappa shape index (κ3) is 4.06. The molecular formula is C17H19ClN2O. The Bertz CT molecular complexity index is 628. The molecular weight excluding hydrogens is 284 g/mol. The van der Waals surface area contributed by atoms with Crippen molar-refractivity contribution in [1.82, 2.24) is 5.32 Å². The summed E-state index contributed by atoms with van der Waals surface area (Å²) >= 11 is 6.08. The first-order chi connectivity index (χ1) is 10.1. The third-order valence-electron chi connectivity index (χ3n) is 3.42. The van der Waals surface area contributed by atoms with Gasteiger partial charge in [0.1, 0.15) is 0 Å². The fourth-order valence-electron chi connectivity index (χ4n) is 2.29. The van der Waals surface area contributed by atoms with Gasteiger partial charge in [0, 0.05) is 11.6 Å². The van der Waals surface area contributed by atoms with Crippen molar-refractivity contribution in [1.29, 1.82) is 0 Å². The molecule has 3 nitrogen and oxygen atoms in total. The number of nitrogens with two attached hydrogens (primary N) is 1. The Morgan fingerprint density at radius 1 is 1.24 bits per heavy atom. The van der Waals surface area contributed by atoms with Gasteiger partial charge in [0.2, 0.25) is 5.91 Å². The second kappa shape index (κ2) is 7.25. The van der Waals surface area contributed by atoms with Crippen molar-refractivity contribution >= 4 is 17.5 Å². The van der Waals surface area contributed by atoms with Crippen LogP contribution in [0.2, 0.25) is 5.02 Å². The first-order valence-electron chi connectivity index (χ1n) is 6.93. The van der Waals surface area contributed by atoms with Crippen LogP contribution in [0.25, 0.3) is 11.1 Å². The quantitative estimate of drug-likeness (QED) is 0.891.